The van der Waals surface area contributed by atoms with Gasteiger partial charge in [-0.1, -0.05) is 30.3 Å². The molecule has 0 aliphatic carbocycles. The molecule has 2 aromatic carbocycles. The zero-order valence-corrected chi connectivity index (χ0v) is 17.4. The first-order chi connectivity index (χ1) is 16.5. The van der Waals surface area contributed by atoms with E-state index in [0.717, 1.165) is 5.56 Å². The number of rotatable bonds is 9. The predicted octanol–water partition coefficient (Wildman–Crippen LogP) is 0.996. The van der Waals surface area contributed by atoms with Crippen LogP contribution in [0.2, 0.25) is 0 Å². The van der Waals surface area contributed by atoms with Crippen LogP contribution in [0.5, 0.6) is 11.5 Å². The first-order valence-electron chi connectivity index (χ1n) is 11.6. The molecule has 9 heteroatoms. The number of hydrogen-bond donors (Lipinski definition) is 5. The number of ether oxygens (including phenoxy) is 3. The fraction of sp³-hybridized carbons (Fsp3) is 0.435. The van der Waals surface area contributed by atoms with Crippen molar-refractivity contribution < 1.29 is 43.5 Å². The minimum absolute atomic E-state index is 0.201. The summed E-state index contributed by atoms with van der Waals surface area (Å²) in [7, 11) is 0. The molecule has 9 nitrogen and oxygen atoms in total. The van der Waals surface area contributed by atoms with Gasteiger partial charge in [-0.05, 0) is 49.8 Å². The van der Waals surface area contributed by atoms with Crippen molar-refractivity contribution in [1.29, 1.82) is 0 Å². The molecule has 0 spiro atoms. The zero-order chi connectivity index (χ0) is 25.8. The van der Waals surface area contributed by atoms with E-state index in [-0.39, 0.29) is 12.3 Å². The molecule has 0 bridgehead atoms. The topological polar surface area (TPSA) is 138 Å². The average Bonchev–Trinajstić information content (AvgIpc) is 2.79. The number of carboxylic acids is 1. The third kappa shape index (κ3) is 5.56. The van der Waals surface area contributed by atoms with Crippen molar-refractivity contribution >= 4 is 5.97 Å². The van der Waals surface area contributed by atoms with E-state index in [1.807, 2.05) is 30.3 Å². The molecular weight excluding hydrogens is 418 g/mol. The summed E-state index contributed by atoms with van der Waals surface area (Å²) in [6, 6.07) is 14.1. The van der Waals surface area contributed by atoms with Crippen molar-refractivity contribution in [3.63, 3.8) is 0 Å². The maximum absolute atomic E-state index is 11.3. The average molecular weight is 451 g/mol. The van der Waals surface area contributed by atoms with E-state index >= 15 is 0 Å². The van der Waals surface area contributed by atoms with Crippen molar-refractivity contribution in [3.05, 3.63) is 59.7 Å². The lowest BCUT2D eigenvalue weighted by Crippen LogP contribution is -2.61. The zero-order valence-electron chi connectivity index (χ0n) is 20.4. The molecule has 1 aliphatic heterocycles. The molecule has 1 saturated heterocycles. The van der Waals surface area contributed by atoms with E-state index in [9.17, 15) is 25.2 Å². The fourth-order valence-corrected chi connectivity index (χ4v) is 3.43. The van der Waals surface area contributed by atoms with Gasteiger partial charge in [0.25, 0.3) is 0 Å². The van der Waals surface area contributed by atoms with E-state index in [1.165, 1.54) is 6.07 Å². The van der Waals surface area contributed by atoms with Crippen LogP contribution in [0.4, 0.5) is 0 Å². The molecule has 0 aromatic heterocycles. The second-order valence-corrected chi connectivity index (χ2v) is 7.51. The molecule has 5 N–H and O–H groups in total. The number of aryl methyl sites for hydroxylation is 1. The highest BCUT2D eigenvalue weighted by Gasteiger charge is 2.48. The normalized spacial score (nSPS) is 28.1. The van der Waals surface area contributed by atoms with E-state index in [4.69, 9.17) is 18.3 Å². The van der Waals surface area contributed by atoms with Crippen LogP contribution in [0.1, 0.15) is 27.8 Å². The lowest BCUT2D eigenvalue weighted by atomic mass is 9.99. The van der Waals surface area contributed by atoms with Crippen LogP contribution in [0.3, 0.4) is 0 Å². The number of nitrogens with one attached hydrogen (secondary N) is 1. The van der Waals surface area contributed by atoms with E-state index in [2.05, 4.69) is 5.32 Å². The Kier molecular flexibility index (Phi) is 6.71. The number of aliphatic carboxylic acids is 1. The van der Waals surface area contributed by atoms with E-state index in [1.54, 1.807) is 19.1 Å². The van der Waals surface area contributed by atoms with Gasteiger partial charge in [0.1, 0.15) is 35.9 Å². The molecule has 2 aromatic rings. The Labute approximate surface area is 190 Å². The first kappa shape index (κ1) is 20.0. The van der Waals surface area contributed by atoms with Gasteiger partial charge < -0.3 is 40.0 Å². The maximum Gasteiger partial charge on any atom is 0.335 e. The fourth-order valence-electron chi connectivity index (χ4n) is 3.43. The lowest BCUT2D eigenvalue weighted by molar-refractivity contribution is -0.271. The van der Waals surface area contributed by atoms with Crippen LogP contribution in [-0.2, 0) is 9.53 Å². The number of carboxylic acid groups (broad SMARTS) is 1. The minimum Gasteiger partial charge on any atom is -0.485 e. The standard InChI is InChI=1S/C23H29NO8/c1-13-12-15(30-23-20(27)18(25)19(26)21(32-23)22(28)29)8-9-16(13)31-17(10-11-24-2)14-6-4-3-5-7-14/h3-9,12,17-21,23-27H,10-11H2,1-2H3,(H,28,29)/t17-,18+,19+,20-,21+,23-/m1/s1/i2D3. The van der Waals surface area contributed by atoms with E-state index < -0.39 is 49.8 Å². The molecule has 1 heterocycles. The number of benzene rings is 2. The smallest absolute Gasteiger partial charge is 0.335 e. The summed E-state index contributed by atoms with van der Waals surface area (Å²) in [4.78, 5) is 11.3. The minimum atomic E-state index is -2.26. The second-order valence-electron chi connectivity index (χ2n) is 7.51. The van der Waals surface area contributed by atoms with Gasteiger partial charge in [0.2, 0.25) is 6.29 Å². The molecule has 6 atom stereocenters. The second kappa shape index (κ2) is 10.8. The van der Waals surface area contributed by atoms with Gasteiger partial charge in [0, 0.05) is 10.5 Å². The van der Waals surface area contributed by atoms with Crippen molar-refractivity contribution in [3.8, 4) is 11.5 Å². The van der Waals surface area contributed by atoms with Crippen molar-refractivity contribution in [2.45, 2.75) is 50.2 Å². The van der Waals surface area contributed by atoms with Gasteiger partial charge in [0.15, 0.2) is 6.10 Å². The van der Waals surface area contributed by atoms with Crippen LogP contribution < -0.4 is 14.8 Å². The predicted molar refractivity (Wildman–Crippen MR) is 114 cm³/mol. The van der Waals surface area contributed by atoms with Crippen LogP contribution in [-0.4, -0.2) is 70.6 Å². The van der Waals surface area contributed by atoms with Crippen LogP contribution in [0.25, 0.3) is 0 Å². The quantitative estimate of drug-likeness (QED) is 0.379. The lowest BCUT2D eigenvalue weighted by Gasteiger charge is -2.38. The van der Waals surface area contributed by atoms with E-state index in [0.29, 0.717) is 17.7 Å². The summed E-state index contributed by atoms with van der Waals surface area (Å²) in [5, 5.41) is 41.6. The number of aliphatic hydroxyl groups is 3. The Hall–Kier alpha value is -2.69. The molecule has 1 fully saturated rings. The van der Waals surface area contributed by atoms with Gasteiger partial charge in [-0.15, -0.1) is 0 Å². The van der Waals surface area contributed by atoms with Gasteiger partial charge >= 0.3 is 5.97 Å². The van der Waals surface area contributed by atoms with Crippen molar-refractivity contribution in [2.24, 2.45) is 0 Å². The van der Waals surface area contributed by atoms with Crippen molar-refractivity contribution in [1.82, 2.24) is 5.32 Å². The number of aliphatic hydroxyl groups excluding tert-OH is 3. The SMILES string of the molecule is [2H]C([2H])([2H])NCC[C@@H](Oc1ccc(O[C@@H]2O[C@H](C(=O)O)[C@@H](O)[C@H](O)[C@H]2O)cc1C)c1ccccc1. The van der Waals surface area contributed by atoms with Crippen LogP contribution in [0.15, 0.2) is 48.5 Å². The number of carbonyl (C=O) groups is 1. The van der Waals surface area contributed by atoms with Crippen LogP contribution in [0, 0.1) is 6.92 Å². The molecule has 32 heavy (non-hydrogen) atoms. The molecular formula is C23H29NO8. The molecule has 0 saturated carbocycles. The van der Waals surface area contributed by atoms with Gasteiger partial charge in [-0.3, -0.25) is 0 Å². The van der Waals surface area contributed by atoms with Gasteiger partial charge in [-0.25, -0.2) is 4.79 Å². The summed E-state index contributed by atoms with van der Waals surface area (Å²) in [5.41, 5.74) is 1.51. The summed E-state index contributed by atoms with van der Waals surface area (Å²) in [5.74, 6) is -0.784. The largest absolute Gasteiger partial charge is 0.485 e. The Morgan fingerprint density at radius 2 is 1.91 bits per heavy atom. The molecule has 0 radical (unpaired) electrons. The first-order valence-corrected chi connectivity index (χ1v) is 10.1. The van der Waals surface area contributed by atoms with Crippen molar-refractivity contribution in [2.75, 3.05) is 13.5 Å². The summed E-state index contributed by atoms with van der Waals surface area (Å²) in [6.07, 6.45) is -8.60. The maximum atomic E-state index is 11.3. The Morgan fingerprint density at radius 1 is 1.16 bits per heavy atom. The van der Waals surface area contributed by atoms with Gasteiger partial charge in [-0.2, -0.15) is 0 Å². The molecule has 0 unspecified atom stereocenters. The molecule has 1 aliphatic rings. The van der Waals surface area contributed by atoms with Crippen LogP contribution >= 0.6 is 0 Å². The number of hydrogen-bond acceptors (Lipinski definition) is 8. The molecule has 3 rings (SSSR count). The molecule has 0 amide bonds. The highest BCUT2D eigenvalue weighted by Crippen LogP contribution is 2.31. The third-order valence-corrected chi connectivity index (χ3v) is 5.18. The summed E-state index contributed by atoms with van der Waals surface area (Å²) < 4.78 is 38.8. The monoisotopic (exact) mass is 450 g/mol. The highest BCUT2D eigenvalue weighted by atomic mass is 16.7. The Balaban J connectivity index is 1.72. The highest BCUT2D eigenvalue weighted by molar-refractivity contribution is 5.73. The Morgan fingerprint density at radius 3 is 2.56 bits per heavy atom. The summed E-state index contributed by atoms with van der Waals surface area (Å²) >= 11 is 0. The third-order valence-electron chi connectivity index (χ3n) is 5.18. The summed E-state index contributed by atoms with van der Waals surface area (Å²) in [6.45, 7) is -0.307. The Bertz CT molecular complexity index is 990. The molecule has 174 valence electrons. The van der Waals surface area contributed by atoms with Gasteiger partial charge in [0.05, 0.1) is 0 Å².